The predicted molar refractivity (Wildman–Crippen MR) is 33.2 cm³/mol. The molecule has 0 nitrogen and oxygen atoms in total. The summed E-state index contributed by atoms with van der Waals surface area (Å²) in [4.78, 5) is 0. The summed E-state index contributed by atoms with van der Waals surface area (Å²) in [5.41, 5.74) is 0. The fourth-order valence-corrected chi connectivity index (χ4v) is 1.32. The molecule has 0 aromatic heterocycles. The Bertz CT molecular complexity index is 134. The van der Waals surface area contributed by atoms with Crippen LogP contribution in [0.5, 0.6) is 0 Å². The van der Waals surface area contributed by atoms with Crippen molar-refractivity contribution in [2.45, 2.75) is 0 Å². The molecule has 0 fully saturated rings. The molecular formula is C6H6Pb. The van der Waals surface area contributed by atoms with Gasteiger partial charge in [0.1, 0.15) is 0 Å². The van der Waals surface area contributed by atoms with E-state index < -0.39 is 0 Å². The number of rotatable bonds is 0. The second-order valence-electron chi connectivity index (χ2n) is 1.41. The normalized spacial score (nSPS) is 8.71. The summed E-state index contributed by atoms with van der Waals surface area (Å²) in [5.74, 6) is 0. The van der Waals surface area contributed by atoms with E-state index in [9.17, 15) is 0 Å². The van der Waals surface area contributed by atoms with E-state index in [-0.39, 0.29) is 0 Å². The first-order valence-corrected chi connectivity index (χ1v) is 4.44. The van der Waals surface area contributed by atoms with E-state index in [4.69, 9.17) is 0 Å². The Morgan fingerprint density at radius 1 is 1.00 bits per heavy atom. The van der Waals surface area contributed by atoms with Crippen LogP contribution in [-0.4, -0.2) is 25.8 Å². The van der Waals surface area contributed by atoms with Gasteiger partial charge >= 0.3 is 59.2 Å². The van der Waals surface area contributed by atoms with Gasteiger partial charge < -0.3 is 0 Å². The van der Waals surface area contributed by atoms with Crippen LogP contribution in [-0.2, 0) is 0 Å². The minimum atomic E-state index is 0.992. The van der Waals surface area contributed by atoms with Gasteiger partial charge in [0.2, 0.25) is 0 Å². The number of benzene rings is 1. The van der Waals surface area contributed by atoms with Crippen LogP contribution in [0.25, 0.3) is 0 Å². The molecule has 0 aliphatic carbocycles. The van der Waals surface area contributed by atoms with Crippen molar-refractivity contribution in [2.75, 3.05) is 0 Å². The Kier molecular flexibility index (Phi) is 1.85. The molecule has 34 valence electrons. The summed E-state index contributed by atoms with van der Waals surface area (Å²) in [6.45, 7) is 0. The first kappa shape index (κ1) is 5.28. The molecule has 0 bridgehead atoms. The van der Waals surface area contributed by atoms with E-state index in [2.05, 4.69) is 24.3 Å². The summed E-state index contributed by atoms with van der Waals surface area (Å²) in [6.07, 6.45) is 0. The molecule has 0 atom stereocenters. The van der Waals surface area contributed by atoms with Crippen LogP contribution in [0, 0.1) is 0 Å². The van der Waals surface area contributed by atoms with Gasteiger partial charge in [-0.1, -0.05) is 0 Å². The van der Waals surface area contributed by atoms with Gasteiger partial charge in [-0.2, -0.15) is 0 Å². The zero-order valence-corrected chi connectivity index (χ0v) is 8.45. The summed E-state index contributed by atoms with van der Waals surface area (Å²) in [5, 5.41) is 0. The van der Waals surface area contributed by atoms with Crippen LogP contribution in [0.1, 0.15) is 0 Å². The molecule has 0 amide bonds. The molecule has 1 rings (SSSR count). The van der Waals surface area contributed by atoms with Crippen molar-refractivity contribution in [1.82, 2.24) is 0 Å². The van der Waals surface area contributed by atoms with Crippen molar-refractivity contribution in [2.24, 2.45) is 0 Å². The molecule has 2 radical (unpaired) electrons. The molecule has 7 heavy (non-hydrogen) atoms. The first-order valence-electron chi connectivity index (χ1n) is 2.20. The molecule has 0 spiro atoms. The SMILES string of the molecule is [PbH][c]1ccccc1. The quantitative estimate of drug-likeness (QED) is 0.598. The number of hydrogen-bond acceptors (Lipinski definition) is 0. The van der Waals surface area contributed by atoms with E-state index in [1.165, 1.54) is 3.12 Å². The fourth-order valence-electron chi connectivity index (χ4n) is 0.453. The second-order valence-corrected chi connectivity index (χ2v) is 4.00. The predicted octanol–water partition coefficient (Wildman–Crippen LogP) is 0.213. The van der Waals surface area contributed by atoms with Crippen LogP contribution in [0.3, 0.4) is 0 Å². The Balaban J connectivity index is 3.02. The topological polar surface area (TPSA) is 0 Å². The first-order chi connectivity index (χ1) is 3.39. The average Bonchev–Trinajstić information content (AvgIpc) is 1.69. The van der Waals surface area contributed by atoms with E-state index >= 15 is 0 Å². The average molecular weight is 285 g/mol. The standard InChI is InChI=1S/C6H5.Pb.H/c1-2-4-6-5-3-1;;/h1-5H;;. The van der Waals surface area contributed by atoms with E-state index in [0.29, 0.717) is 0 Å². The molecule has 0 N–H and O–H groups in total. The minimum absolute atomic E-state index is 0.992. The molecule has 0 aliphatic heterocycles. The van der Waals surface area contributed by atoms with Crippen LogP contribution in [0.15, 0.2) is 30.3 Å². The molecule has 1 aromatic rings. The van der Waals surface area contributed by atoms with Crippen molar-refractivity contribution in [3.63, 3.8) is 0 Å². The van der Waals surface area contributed by atoms with Crippen molar-refractivity contribution < 1.29 is 0 Å². The molecule has 0 saturated carbocycles. The van der Waals surface area contributed by atoms with Crippen molar-refractivity contribution in [3.05, 3.63) is 30.3 Å². The van der Waals surface area contributed by atoms with Gasteiger partial charge in [-0.3, -0.25) is 0 Å². The van der Waals surface area contributed by atoms with Gasteiger partial charge in [-0.25, -0.2) is 0 Å². The van der Waals surface area contributed by atoms with Gasteiger partial charge in [0, 0.05) is 0 Å². The summed E-state index contributed by atoms with van der Waals surface area (Å²) in [7, 11) is 0. The Labute approximate surface area is 59.2 Å². The molecule has 0 aliphatic rings. The monoisotopic (exact) mass is 286 g/mol. The van der Waals surface area contributed by atoms with Crippen LogP contribution in [0.2, 0.25) is 0 Å². The van der Waals surface area contributed by atoms with Crippen LogP contribution >= 0.6 is 0 Å². The zero-order chi connectivity index (χ0) is 5.11. The van der Waals surface area contributed by atoms with Crippen molar-refractivity contribution >= 4 is 28.9 Å². The maximum absolute atomic E-state index is 2.16. The van der Waals surface area contributed by atoms with Gasteiger partial charge in [-0.15, -0.1) is 0 Å². The van der Waals surface area contributed by atoms with Gasteiger partial charge in [0.15, 0.2) is 0 Å². The Morgan fingerprint density at radius 3 is 1.86 bits per heavy atom. The molecule has 0 unspecified atom stereocenters. The summed E-state index contributed by atoms with van der Waals surface area (Å²) >= 11 is 0.992. The maximum atomic E-state index is 2.16. The van der Waals surface area contributed by atoms with Crippen molar-refractivity contribution in [3.8, 4) is 0 Å². The van der Waals surface area contributed by atoms with Crippen LogP contribution in [0.4, 0.5) is 0 Å². The number of hydrogen-bond donors (Lipinski definition) is 0. The molecule has 1 heteroatoms. The summed E-state index contributed by atoms with van der Waals surface area (Å²) < 4.78 is 1.49. The fraction of sp³-hybridized carbons (Fsp3) is 0. The van der Waals surface area contributed by atoms with Gasteiger partial charge in [0.25, 0.3) is 0 Å². The van der Waals surface area contributed by atoms with Crippen LogP contribution < -0.4 is 3.12 Å². The molecule has 0 saturated heterocycles. The van der Waals surface area contributed by atoms with Gasteiger partial charge in [-0.05, 0) is 0 Å². The van der Waals surface area contributed by atoms with E-state index in [1.807, 2.05) is 6.07 Å². The Morgan fingerprint density at radius 2 is 1.57 bits per heavy atom. The van der Waals surface area contributed by atoms with E-state index in [1.54, 1.807) is 0 Å². The second kappa shape index (κ2) is 2.45. The van der Waals surface area contributed by atoms with Gasteiger partial charge in [0.05, 0.1) is 0 Å². The summed E-state index contributed by atoms with van der Waals surface area (Å²) in [6, 6.07) is 10.5. The van der Waals surface area contributed by atoms with Crippen molar-refractivity contribution in [1.29, 1.82) is 0 Å². The zero-order valence-electron chi connectivity index (χ0n) is 3.96. The third-order valence-corrected chi connectivity index (χ3v) is 2.30. The molecule has 1 aromatic carbocycles. The third kappa shape index (κ3) is 1.59. The molecular weight excluding hydrogens is 279 g/mol. The van der Waals surface area contributed by atoms with E-state index in [0.717, 1.165) is 25.8 Å². The third-order valence-electron chi connectivity index (χ3n) is 0.800. The molecule has 0 heterocycles. The Hall–Kier alpha value is 0.142.